The predicted molar refractivity (Wildman–Crippen MR) is 85.9 cm³/mol. The van der Waals surface area contributed by atoms with Gasteiger partial charge in [-0.2, -0.15) is 0 Å². The topological polar surface area (TPSA) is 127 Å². The maximum absolute atomic E-state index is 12.3. The van der Waals surface area contributed by atoms with Crippen LogP contribution in [0.5, 0.6) is 0 Å². The second-order valence-corrected chi connectivity index (χ2v) is 6.02. The Morgan fingerprint density at radius 1 is 1.09 bits per heavy atom. The zero-order valence-corrected chi connectivity index (χ0v) is 13.8. The molecule has 0 heterocycles. The van der Waals surface area contributed by atoms with Crippen molar-refractivity contribution in [3.63, 3.8) is 0 Å². The summed E-state index contributed by atoms with van der Waals surface area (Å²) in [4.78, 5) is 35.1. The van der Waals surface area contributed by atoms with E-state index in [-0.39, 0.29) is 17.7 Å². The summed E-state index contributed by atoms with van der Waals surface area (Å²) in [5, 5.41) is 5.30. The molecule has 22 heavy (non-hydrogen) atoms. The summed E-state index contributed by atoms with van der Waals surface area (Å²) in [5.74, 6) is -0.518. The van der Waals surface area contributed by atoms with Crippen LogP contribution in [-0.4, -0.2) is 42.8 Å². The van der Waals surface area contributed by atoms with Crippen molar-refractivity contribution in [2.75, 3.05) is 6.54 Å². The van der Waals surface area contributed by atoms with Crippen molar-refractivity contribution in [3.8, 4) is 0 Å². The van der Waals surface area contributed by atoms with Gasteiger partial charge in [-0.25, -0.2) is 0 Å². The minimum atomic E-state index is -0.686. The fraction of sp³-hybridized carbons (Fsp3) is 0.800. The molecule has 2 amide bonds. The molecule has 0 unspecified atom stereocenters. The molecule has 7 nitrogen and oxygen atoms in total. The lowest BCUT2D eigenvalue weighted by Crippen LogP contribution is -2.53. The van der Waals surface area contributed by atoms with Crippen LogP contribution in [0, 0.1) is 5.92 Å². The van der Waals surface area contributed by atoms with E-state index in [9.17, 15) is 14.4 Å². The number of carbonyl (C=O) groups excluding carboxylic acids is 3. The van der Waals surface area contributed by atoms with Crippen LogP contribution in [0.4, 0.5) is 0 Å². The largest absolute Gasteiger partial charge is 0.345 e. The van der Waals surface area contributed by atoms with Gasteiger partial charge in [-0.15, -0.1) is 0 Å². The van der Waals surface area contributed by atoms with Gasteiger partial charge in [0.25, 0.3) is 0 Å². The van der Waals surface area contributed by atoms with Gasteiger partial charge in [0.2, 0.25) is 11.8 Å². The summed E-state index contributed by atoms with van der Waals surface area (Å²) < 4.78 is 0. The average Bonchev–Trinajstić information content (AvgIpc) is 2.44. The van der Waals surface area contributed by atoms with Gasteiger partial charge < -0.3 is 26.9 Å². The van der Waals surface area contributed by atoms with Crippen LogP contribution < -0.4 is 22.1 Å². The second-order valence-electron chi connectivity index (χ2n) is 6.02. The maximum Gasteiger partial charge on any atom is 0.243 e. The first-order valence-corrected chi connectivity index (χ1v) is 7.83. The highest BCUT2D eigenvalue weighted by Crippen LogP contribution is 2.07. The lowest BCUT2D eigenvalue weighted by atomic mass is 10.0. The van der Waals surface area contributed by atoms with E-state index in [2.05, 4.69) is 10.6 Å². The Morgan fingerprint density at radius 3 is 2.18 bits per heavy atom. The molecule has 0 spiro atoms. The van der Waals surface area contributed by atoms with Crippen molar-refractivity contribution in [2.45, 2.75) is 64.6 Å². The van der Waals surface area contributed by atoms with Crippen molar-refractivity contribution in [1.82, 2.24) is 10.6 Å². The third kappa shape index (κ3) is 8.74. The minimum Gasteiger partial charge on any atom is -0.345 e. The van der Waals surface area contributed by atoms with Gasteiger partial charge in [0, 0.05) is 0 Å². The molecule has 0 radical (unpaired) electrons. The number of rotatable bonds is 11. The second kappa shape index (κ2) is 11.1. The average molecular weight is 314 g/mol. The van der Waals surface area contributed by atoms with Gasteiger partial charge in [0.05, 0.1) is 12.1 Å². The van der Waals surface area contributed by atoms with E-state index in [0.717, 1.165) is 12.8 Å². The molecular formula is C15H30N4O3. The molecule has 0 aromatic heterocycles. The van der Waals surface area contributed by atoms with Gasteiger partial charge in [0.1, 0.15) is 12.3 Å². The van der Waals surface area contributed by atoms with Crippen LogP contribution in [0.15, 0.2) is 0 Å². The Kier molecular flexibility index (Phi) is 10.4. The Hall–Kier alpha value is -1.47. The lowest BCUT2D eigenvalue weighted by molar-refractivity contribution is -0.130. The molecular weight excluding hydrogens is 284 g/mol. The molecule has 128 valence electrons. The highest BCUT2D eigenvalue weighted by molar-refractivity contribution is 5.90. The van der Waals surface area contributed by atoms with Crippen molar-refractivity contribution in [1.29, 1.82) is 0 Å². The fourth-order valence-corrected chi connectivity index (χ4v) is 1.97. The van der Waals surface area contributed by atoms with E-state index in [0.29, 0.717) is 25.7 Å². The molecule has 0 aliphatic heterocycles. The number of amides is 2. The van der Waals surface area contributed by atoms with Crippen molar-refractivity contribution < 1.29 is 14.4 Å². The Bertz CT molecular complexity index is 359. The van der Waals surface area contributed by atoms with Crippen LogP contribution >= 0.6 is 0 Å². The number of hydrogen-bond donors (Lipinski definition) is 4. The van der Waals surface area contributed by atoms with Crippen molar-refractivity contribution in [3.05, 3.63) is 0 Å². The van der Waals surface area contributed by atoms with E-state index < -0.39 is 18.1 Å². The third-order valence-corrected chi connectivity index (χ3v) is 3.21. The summed E-state index contributed by atoms with van der Waals surface area (Å²) in [6.07, 6.45) is 3.31. The number of hydrogen-bond acceptors (Lipinski definition) is 5. The molecule has 0 aliphatic carbocycles. The summed E-state index contributed by atoms with van der Waals surface area (Å²) >= 11 is 0. The van der Waals surface area contributed by atoms with Crippen LogP contribution in [0.25, 0.3) is 0 Å². The van der Waals surface area contributed by atoms with Gasteiger partial charge in [-0.05, 0) is 45.1 Å². The number of nitrogens with two attached hydrogens (primary N) is 2. The fourth-order valence-electron chi connectivity index (χ4n) is 1.97. The van der Waals surface area contributed by atoms with Gasteiger partial charge >= 0.3 is 0 Å². The SMILES string of the molecule is CC(C)C[C@H](NC(=O)[C@H](C)N)C(=O)N[C@H](C=O)CCCCN. The van der Waals surface area contributed by atoms with E-state index in [1.54, 1.807) is 6.92 Å². The van der Waals surface area contributed by atoms with E-state index >= 15 is 0 Å². The third-order valence-electron chi connectivity index (χ3n) is 3.21. The van der Waals surface area contributed by atoms with Crippen LogP contribution in [-0.2, 0) is 14.4 Å². The van der Waals surface area contributed by atoms with Gasteiger partial charge in [0.15, 0.2) is 0 Å². The summed E-state index contributed by atoms with van der Waals surface area (Å²) in [6.45, 7) is 6.02. The molecule has 7 heteroatoms. The van der Waals surface area contributed by atoms with E-state index in [1.165, 1.54) is 0 Å². The molecule has 3 atom stereocenters. The molecule has 0 fully saturated rings. The predicted octanol–water partition coefficient (Wildman–Crippen LogP) is -0.323. The Labute approximate surface area is 132 Å². The molecule has 0 bridgehead atoms. The zero-order valence-electron chi connectivity index (χ0n) is 13.8. The Morgan fingerprint density at radius 2 is 1.73 bits per heavy atom. The molecule has 0 aromatic carbocycles. The number of nitrogens with one attached hydrogen (secondary N) is 2. The molecule has 0 aromatic rings. The van der Waals surface area contributed by atoms with Crippen LogP contribution in [0.2, 0.25) is 0 Å². The van der Waals surface area contributed by atoms with Crippen LogP contribution in [0.3, 0.4) is 0 Å². The monoisotopic (exact) mass is 314 g/mol. The smallest absolute Gasteiger partial charge is 0.243 e. The lowest BCUT2D eigenvalue weighted by Gasteiger charge is -2.23. The maximum atomic E-state index is 12.3. The standard InChI is InChI=1S/C15H30N4O3/c1-10(2)8-13(19-14(21)11(3)17)15(22)18-12(9-20)6-4-5-7-16/h9-13H,4-8,16-17H2,1-3H3,(H,18,22)(H,19,21)/t11-,12-,13-/m0/s1. The first-order valence-electron chi connectivity index (χ1n) is 7.83. The normalized spacial score (nSPS) is 15.0. The molecule has 6 N–H and O–H groups in total. The van der Waals surface area contributed by atoms with Crippen LogP contribution in [0.1, 0.15) is 46.5 Å². The first kappa shape index (κ1) is 20.5. The quantitative estimate of drug-likeness (QED) is 0.307. The van der Waals surface area contributed by atoms with Gasteiger partial charge in [-0.1, -0.05) is 13.8 Å². The molecule has 0 rings (SSSR count). The molecule has 0 saturated carbocycles. The van der Waals surface area contributed by atoms with E-state index in [4.69, 9.17) is 11.5 Å². The summed E-state index contributed by atoms with van der Waals surface area (Å²) in [6, 6.07) is -1.93. The highest BCUT2D eigenvalue weighted by Gasteiger charge is 2.24. The number of carbonyl (C=O) groups is 3. The van der Waals surface area contributed by atoms with Gasteiger partial charge in [-0.3, -0.25) is 9.59 Å². The summed E-state index contributed by atoms with van der Waals surface area (Å²) in [5.41, 5.74) is 10.9. The summed E-state index contributed by atoms with van der Waals surface area (Å²) in [7, 11) is 0. The highest BCUT2D eigenvalue weighted by atomic mass is 16.2. The van der Waals surface area contributed by atoms with Crippen molar-refractivity contribution >= 4 is 18.1 Å². The molecule has 0 aliphatic rings. The first-order chi connectivity index (χ1) is 10.3. The van der Waals surface area contributed by atoms with Crippen molar-refractivity contribution in [2.24, 2.45) is 17.4 Å². The Balaban J connectivity index is 4.65. The number of unbranched alkanes of at least 4 members (excludes halogenated alkanes) is 1. The minimum absolute atomic E-state index is 0.219. The number of aldehydes is 1. The zero-order chi connectivity index (χ0) is 17.1. The molecule has 0 saturated heterocycles. The van der Waals surface area contributed by atoms with E-state index in [1.807, 2.05) is 13.8 Å².